The number of para-hydroxylation sites is 2. The van der Waals surface area contributed by atoms with Gasteiger partial charge in [0.25, 0.3) is 5.91 Å². The average molecular weight is 449 g/mol. The first kappa shape index (κ1) is 22.4. The number of rotatable bonds is 7. The SMILES string of the molecule is COc1ccccc1NC(=O)C1CCN(C(=O)c2ccc(OCc3nccn3C)cc2)CC1. The van der Waals surface area contributed by atoms with E-state index in [1.165, 1.54) is 0 Å². The summed E-state index contributed by atoms with van der Waals surface area (Å²) < 4.78 is 13.0. The van der Waals surface area contributed by atoms with Gasteiger partial charge in [-0.1, -0.05) is 12.1 Å². The molecule has 0 unspecified atom stereocenters. The molecule has 2 amide bonds. The molecule has 1 fully saturated rings. The molecule has 8 nitrogen and oxygen atoms in total. The van der Waals surface area contributed by atoms with Crippen LogP contribution in [0.2, 0.25) is 0 Å². The van der Waals surface area contributed by atoms with E-state index in [4.69, 9.17) is 9.47 Å². The summed E-state index contributed by atoms with van der Waals surface area (Å²) in [5, 5.41) is 2.95. The van der Waals surface area contributed by atoms with Crippen molar-refractivity contribution in [2.24, 2.45) is 13.0 Å². The first-order valence-electron chi connectivity index (χ1n) is 11.0. The number of carbonyl (C=O) groups is 2. The maximum atomic E-state index is 12.9. The number of imidazole rings is 1. The van der Waals surface area contributed by atoms with Gasteiger partial charge in [0, 0.05) is 44.0 Å². The number of hydrogen-bond donors (Lipinski definition) is 1. The number of ether oxygens (including phenoxy) is 2. The van der Waals surface area contributed by atoms with E-state index in [9.17, 15) is 9.59 Å². The lowest BCUT2D eigenvalue weighted by molar-refractivity contribution is -0.121. The molecule has 172 valence electrons. The number of nitrogens with zero attached hydrogens (tertiary/aromatic N) is 3. The third kappa shape index (κ3) is 5.34. The summed E-state index contributed by atoms with van der Waals surface area (Å²) in [7, 11) is 3.49. The van der Waals surface area contributed by atoms with Crippen molar-refractivity contribution in [2.75, 3.05) is 25.5 Å². The van der Waals surface area contributed by atoms with Gasteiger partial charge in [0.1, 0.15) is 23.9 Å². The summed E-state index contributed by atoms with van der Waals surface area (Å²) in [6, 6.07) is 14.5. The first-order valence-corrected chi connectivity index (χ1v) is 11.0. The molecule has 8 heteroatoms. The largest absolute Gasteiger partial charge is 0.495 e. The third-order valence-corrected chi connectivity index (χ3v) is 5.91. The Balaban J connectivity index is 1.28. The van der Waals surface area contributed by atoms with Gasteiger partial charge in [-0.2, -0.15) is 0 Å². The smallest absolute Gasteiger partial charge is 0.253 e. The Hall–Kier alpha value is -3.81. The Bertz CT molecular complexity index is 1100. The molecule has 1 aliphatic heterocycles. The Morgan fingerprint density at radius 3 is 2.48 bits per heavy atom. The molecule has 1 saturated heterocycles. The molecule has 2 heterocycles. The number of aromatic nitrogens is 2. The molecule has 1 N–H and O–H groups in total. The number of carbonyl (C=O) groups excluding carboxylic acids is 2. The molecule has 4 rings (SSSR count). The molecule has 33 heavy (non-hydrogen) atoms. The highest BCUT2D eigenvalue weighted by Crippen LogP contribution is 2.26. The van der Waals surface area contributed by atoms with Crippen molar-refractivity contribution in [3.8, 4) is 11.5 Å². The van der Waals surface area contributed by atoms with E-state index < -0.39 is 0 Å². The minimum Gasteiger partial charge on any atom is -0.495 e. The number of nitrogens with one attached hydrogen (secondary N) is 1. The van der Waals surface area contributed by atoms with E-state index in [2.05, 4.69) is 10.3 Å². The second-order valence-corrected chi connectivity index (χ2v) is 8.02. The highest BCUT2D eigenvalue weighted by atomic mass is 16.5. The monoisotopic (exact) mass is 448 g/mol. The number of piperidine rings is 1. The van der Waals surface area contributed by atoms with Crippen LogP contribution in [0.3, 0.4) is 0 Å². The lowest BCUT2D eigenvalue weighted by Gasteiger charge is -2.31. The molecule has 1 aliphatic rings. The maximum absolute atomic E-state index is 12.9. The zero-order valence-electron chi connectivity index (χ0n) is 18.9. The van der Waals surface area contributed by atoms with Gasteiger partial charge in [0.2, 0.25) is 5.91 Å². The van der Waals surface area contributed by atoms with Crippen LogP contribution in [0.15, 0.2) is 60.9 Å². The lowest BCUT2D eigenvalue weighted by Crippen LogP contribution is -2.41. The highest BCUT2D eigenvalue weighted by Gasteiger charge is 2.28. The van der Waals surface area contributed by atoms with Crippen molar-refractivity contribution in [1.29, 1.82) is 0 Å². The van der Waals surface area contributed by atoms with Gasteiger partial charge >= 0.3 is 0 Å². The predicted molar refractivity (Wildman–Crippen MR) is 124 cm³/mol. The van der Waals surface area contributed by atoms with Crippen LogP contribution in [-0.2, 0) is 18.4 Å². The molecular weight excluding hydrogens is 420 g/mol. The Labute approximate surface area is 193 Å². The summed E-state index contributed by atoms with van der Waals surface area (Å²) in [6.07, 6.45) is 4.84. The maximum Gasteiger partial charge on any atom is 0.253 e. The van der Waals surface area contributed by atoms with E-state index >= 15 is 0 Å². The number of anilines is 1. The molecule has 2 aromatic carbocycles. The molecule has 0 aliphatic carbocycles. The first-order chi connectivity index (χ1) is 16.0. The molecule has 0 atom stereocenters. The van der Waals surface area contributed by atoms with Gasteiger partial charge in [0.15, 0.2) is 0 Å². The van der Waals surface area contributed by atoms with Gasteiger partial charge in [0.05, 0.1) is 12.8 Å². The van der Waals surface area contributed by atoms with Gasteiger partial charge in [-0.05, 0) is 49.2 Å². The van der Waals surface area contributed by atoms with Crippen LogP contribution >= 0.6 is 0 Å². The second-order valence-electron chi connectivity index (χ2n) is 8.02. The number of benzene rings is 2. The summed E-state index contributed by atoms with van der Waals surface area (Å²) in [5.74, 6) is 1.93. The average Bonchev–Trinajstić information content (AvgIpc) is 3.27. The lowest BCUT2D eigenvalue weighted by atomic mass is 9.95. The fourth-order valence-corrected chi connectivity index (χ4v) is 3.89. The minimum atomic E-state index is -0.138. The number of amides is 2. The minimum absolute atomic E-state index is 0.0331. The van der Waals surface area contributed by atoms with Crippen LogP contribution < -0.4 is 14.8 Å². The zero-order valence-corrected chi connectivity index (χ0v) is 18.9. The molecule has 0 saturated carbocycles. The summed E-state index contributed by atoms with van der Waals surface area (Å²) in [4.78, 5) is 31.6. The molecular formula is C25H28N4O4. The molecule has 0 spiro atoms. The summed E-state index contributed by atoms with van der Waals surface area (Å²) >= 11 is 0. The number of methoxy groups -OCH3 is 1. The standard InChI is InChI=1S/C25H28N4O4/c1-28-16-13-26-23(28)17-33-20-9-7-19(8-10-20)25(31)29-14-11-18(12-15-29)24(30)27-21-5-3-4-6-22(21)32-2/h3-10,13,16,18H,11-12,14-15,17H2,1-2H3,(H,27,30). The topological polar surface area (TPSA) is 85.7 Å². The quantitative estimate of drug-likeness (QED) is 0.598. The Kier molecular flexibility index (Phi) is 6.92. The van der Waals surface area contributed by atoms with E-state index in [1.807, 2.05) is 42.1 Å². The normalized spacial score (nSPS) is 14.1. The summed E-state index contributed by atoms with van der Waals surface area (Å²) in [5.41, 5.74) is 1.27. The fraction of sp³-hybridized carbons (Fsp3) is 0.320. The van der Waals surface area contributed by atoms with E-state index in [1.54, 1.807) is 42.5 Å². The van der Waals surface area contributed by atoms with Crippen molar-refractivity contribution in [1.82, 2.24) is 14.5 Å². The Morgan fingerprint density at radius 2 is 1.82 bits per heavy atom. The molecule has 0 bridgehead atoms. The van der Waals surface area contributed by atoms with Crippen molar-refractivity contribution >= 4 is 17.5 Å². The van der Waals surface area contributed by atoms with Crippen molar-refractivity contribution < 1.29 is 19.1 Å². The van der Waals surface area contributed by atoms with E-state index in [0.29, 0.717) is 55.3 Å². The Morgan fingerprint density at radius 1 is 1.09 bits per heavy atom. The zero-order chi connectivity index (χ0) is 23.2. The number of likely N-dealkylation sites (tertiary alicyclic amines) is 1. The highest BCUT2D eigenvalue weighted by molar-refractivity contribution is 5.96. The van der Waals surface area contributed by atoms with Crippen LogP contribution in [0.5, 0.6) is 11.5 Å². The third-order valence-electron chi connectivity index (χ3n) is 5.91. The van der Waals surface area contributed by atoms with Crippen LogP contribution in [0, 0.1) is 5.92 Å². The van der Waals surface area contributed by atoms with Crippen LogP contribution in [0.4, 0.5) is 5.69 Å². The van der Waals surface area contributed by atoms with Gasteiger partial charge in [-0.25, -0.2) is 4.98 Å². The van der Waals surface area contributed by atoms with Crippen LogP contribution in [0.1, 0.15) is 29.0 Å². The van der Waals surface area contributed by atoms with Crippen molar-refractivity contribution in [3.63, 3.8) is 0 Å². The van der Waals surface area contributed by atoms with Crippen LogP contribution in [0.25, 0.3) is 0 Å². The summed E-state index contributed by atoms with van der Waals surface area (Å²) in [6.45, 7) is 1.45. The molecule has 0 radical (unpaired) electrons. The van der Waals surface area contributed by atoms with Gasteiger partial charge < -0.3 is 24.3 Å². The van der Waals surface area contributed by atoms with Crippen molar-refractivity contribution in [3.05, 3.63) is 72.3 Å². The second kappa shape index (κ2) is 10.2. The van der Waals surface area contributed by atoms with Crippen molar-refractivity contribution in [2.45, 2.75) is 19.4 Å². The number of aryl methyl sites for hydroxylation is 1. The van der Waals surface area contributed by atoms with E-state index in [0.717, 1.165) is 5.82 Å². The van der Waals surface area contributed by atoms with Gasteiger partial charge in [-0.3, -0.25) is 9.59 Å². The van der Waals surface area contributed by atoms with Crippen LogP contribution in [-0.4, -0.2) is 46.5 Å². The molecule has 1 aromatic heterocycles. The van der Waals surface area contributed by atoms with E-state index in [-0.39, 0.29) is 17.7 Å². The fourth-order valence-electron chi connectivity index (χ4n) is 3.89. The molecule has 3 aromatic rings. The predicted octanol–water partition coefficient (Wildman–Crippen LogP) is 3.50. The number of hydrogen-bond acceptors (Lipinski definition) is 5. The van der Waals surface area contributed by atoms with Gasteiger partial charge in [-0.15, -0.1) is 0 Å².